The second-order valence-electron chi connectivity index (χ2n) is 8.38. The van der Waals surface area contributed by atoms with E-state index in [2.05, 4.69) is 20.6 Å². The molecule has 4 rings (SSSR count). The van der Waals surface area contributed by atoms with E-state index in [4.69, 9.17) is 16.6 Å². The van der Waals surface area contributed by atoms with E-state index in [1.807, 2.05) is 32.0 Å². The molecule has 174 valence electrons. The van der Waals surface area contributed by atoms with Crippen molar-refractivity contribution in [3.63, 3.8) is 0 Å². The molecule has 0 radical (unpaired) electrons. The summed E-state index contributed by atoms with van der Waals surface area (Å²) in [6.45, 7) is 4.79. The van der Waals surface area contributed by atoms with Crippen molar-refractivity contribution in [3.05, 3.63) is 52.8 Å². The number of nitrogens with one attached hydrogen (secondary N) is 2. The molecule has 3 aromatic rings. The monoisotopic (exact) mass is 469 g/mol. The number of anilines is 2. The molecule has 2 N–H and O–H groups in total. The molecule has 1 unspecified atom stereocenters. The number of carbonyl (C=O) groups is 2. The maximum absolute atomic E-state index is 13.0. The van der Waals surface area contributed by atoms with E-state index in [0.29, 0.717) is 48.0 Å². The summed E-state index contributed by atoms with van der Waals surface area (Å²) >= 11 is 5.94. The van der Waals surface area contributed by atoms with Crippen molar-refractivity contribution < 1.29 is 9.59 Å². The second-order valence-corrected chi connectivity index (χ2v) is 8.82. The molecule has 1 saturated heterocycles. The molecule has 2 amide bonds. The normalized spacial score (nSPS) is 16.1. The predicted molar refractivity (Wildman–Crippen MR) is 129 cm³/mol. The lowest BCUT2D eigenvalue weighted by Gasteiger charge is -2.16. The highest BCUT2D eigenvalue weighted by atomic mass is 35.5. The van der Waals surface area contributed by atoms with Gasteiger partial charge in [0, 0.05) is 55.3 Å². The number of hydrogen-bond acceptors (Lipinski definition) is 6. The molecule has 0 bridgehead atoms. The first kappa shape index (κ1) is 23.0. The van der Waals surface area contributed by atoms with Gasteiger partial charge >= 0.3 is 0 Å². The van der Waals surface area contributed by atoms with Crippen molar-refractivity contribution in [2.45, 2.75) is 19.3 Å². The highest BCUT2D eigenvalue weighted by molar-refractivity contribution is 6.30. The van der Waals surface area contributed by atoms with Crippen LogP contribution in [0.4, 0.5) is 11.5 Å². The number of benzene rings is 1. The lowest BCUT2D eigenvalue weighted by atomic mass is 10.0. The van der Waals surface area contributed by atoms with E-state index in [-0.39, 0.29) is 17.7 Å². The fourth-order valence-corrected chi connectivity index (χ4v) is 4.02. The van der Waals surface area contributed by atoms with Gasteiger partial charge in [-0.25, -0.2) is 4.98 Å². The third-order valence-electron chi connectivity index (χ3n) is 5.72. The number of aromatic nitrogens is 3. The van der Waals surface area contributed by atoms with Gasteiger partial charge in [0.25, 0.3) is 5.91 Å². The topological polar surface area (TPSA) is 94.9 Å². The van der Waals surface area contributed by atoms with Crippen LogP contribution in [0.15, 0.2) is 36.5 Å². The van der Waals surface area contributed by atoms with Crippen molar-refractivity contribution in [1.29, 1.82) is 0 Å². The minimum absolute atomic E-state index is 0.0288. The first-order valence-electron chi connectivity index (χ1n) is 11.0. The van der Waals surface area contributed by atoms with Crippen molar-refractivity contribution in [1.82, 2.24) is 24.4 Å². The molecule has 1 atom stereocenters. The molecule has 0 aliphatic carbocycles. The van der Waals surface area contributed by atoms with Crippen LogP contribution in [0.2, 0.25) is 5.02 Å². The number of nitrogens with zero attached hydrogens (tertiary/aromatic N) is 5. The highest BCUT2D eigenvalue weighted by Gasteiger charge is 2.31. The van der Waals surface area contributed by atoms with E-state index in [1.165, 1.54) is 6.20 Å². The third kappa shape index (κ3) is 5.09. The molecule has 2 aromatic heterocycles. The van der Waals surface area contributed by atoms with Gasteiger partial charge in [-0.05, 0) is 45.3 Å². The Kier molecular flexibility index (Phi) is 6.80. The molecule has 9 nitrogen and oxygen atoms in total. The van der Waals surface area contributed by atoms with Crippen LogP contribution in [0.3, 0.4) is 0 Å². The highest BCUT2D eigenvalue weighted by Crippen LogP contribution is 2.29. The van der Waals surface area contributed by atoms with E-state index in [0.717, 1.165) is 18.1 Å². The SMILES string of the molecule is CCN1CC(c2cc(NCCN(C)C)n3ncc(C(=O)Nc4ccc(Cl)cc4)c3n2)CC1=O. The number of likely N-dealkylation sites (N-methyl/N-ethyl adjacent to an activating group) is 2. The van der Waals surface area contributed by atoms with Gasteiger partial charge in [0.15, 0.2) is 5.65 Å². The molecule has 1 aliphatic rings. The number of likely N-dealkylation sites (tertiary alicyclic amines) is 1. The van der Waals surface area contributed by atoms with E-state index < -0.39 is 0 Å². The van der Waals surface area contributed by atoms with Crippen LogP contribution >= 0.6 is 11.6 Å². The molecule has 1 aliphatic heterocycles. The first-order chi connectivity index (χ1) is 15.9. The average Bonchev–Trinajstić information content (AvgIpc) is 3.38. The van der Waals surface area contributed by atoms with Crippen LogP contribution in [0, 0.1) is 0 Å². The number of halogens is 1. The Morgan fingerprint density at radius 2 is 2.03 bits per heavy atom. The summed E-state index contributed by atoms with van der Waals surface area (Å²) in [4.78, 5) is 34.1. The summed E-state index contributed by atoms with van der Waals surface area (Å²) in [5.74, 6) is 0.526. The number of rotatable bonds is 8. The third-order valence-corrected chi connectivity index (χ3v) is 5.97. The standard InChI is InChI=1S/C23H28ClN7O2/c1-4-30-14-15(11-21(30)32)19-12-20(25-9-10-29(2)3)31-22(28-19)18(13-26-31)23(33)27-17-7-5-16(24)6-8-17/h5-8,12-13,15,25H,4,9-11,14H2,1-3H3,(H,27,33). The predicted octanol–water partition coefficient (Wildman–Crippen LogP) is 2.94. The molecule has 10 heteroatoms. The number of fused-ring (bicyclic) bond motifs is 1. The molecule has 3 heterocycles. The minimum atomic E-state index is -0.311. The van der Waals surface area contributed by atoms with Crippen LogP contribution in [0.1, 0.15) is 35.3 Å². The van der Waals surface area contributed by atoms with Crippen LogP contribution in [-0.4, -0.2) is 76.5 Å². The van der Waals surface area contributed by atoms with Crippen molar-refractivity contribution in [2.75, 3.05) is 50.9 Å². The molecule has 1 fully saturated rings. The van der Waals surface area contributed by atoms with Crippen molar-refractivity contribution >= 4 is 40.6 Å². The van der Waals surface area contributed by atoms with Crippen LogP contribution in [0.25, 0.3) is 5.65 Å². The van der Waals surface area contributed by atoms with Gasteiger partial charge in [0.2, 0.25) is 5.91 Å². The summed E-state index contributed by atoms with van der Waals surface area (Å²) < 4.78 is 1.64. The maximum Gasteiger partial charge on any atom is 0.261 e. The summed E-state index contributed by atoms with van der Waals surface area (Å²) in [5.41, 5.74) is 2.22. The largest absolute Gasteiger partial charge is 0.369 e. The van der Waals surface area contributed by atoms with Gasteiger partial charge < -0.3 is 20.4 Å². The van der Waals surface area contributed by atoms with Gasteiger partial charge in [-0.3, -0.25) is 9.59 Å². The zero-order chi connectivity index (χ0) is 23.5. The molecule has 1 aromatic carbocycles. The molecular weight excluding hydrogens is 442 g/mol. The van der Waals surface area contributed by atoms with E-state index >= 15 is 0 Å². The molecule has 0 saturated carbocycles. The number of amides is 2. The average molecular weight is 470 g/mol. The van der Waals surface area contributed by atoms with Crippen LogP contribution in [-0.2, 0) is 4.79 Å². The quantitative estimate of drug-likeness (QED) is 0.526. The Labute approximate surface area is 197 Å². The Hall–Kier alpha value is -3.17. The van der Waals surface area contributed by atoms with Gasteiger partial charge in [-0.2, -0.15) is 9.61 Å². The first-order valence-corrected chi connectivity index (χ1v) is 11.4. The summed E-state index contributed by atoms with van der Waals surface area (Å²) in [6, 6.07) is 8.85. The van der Waals surface area contributed by atoms with Gasteiger partial charge in [-0.15, -0.1) is 0 Å². The number of hydrogen-bond donors (Lipinski definition) is 2. The Morgan fingerprint density at radius 3 is 2.70 bits per heavy atom. The molecular formula is C23H28ClN7O2. The van der Waals surface area contributed by atoms with Crippen molar-refractivity contribution in [2.24, 2.45) is 0 Å². The Balaban J connectivity index is 1.68. The van der Waals surface area contributed by atoms with Gasteiger partial charge in [0.05, 0.1) is 11.9 Å². The van der Waals surface area contributed by atoms with Crippen LogP contribution in [0.5, 0.6) is 0 Å². The number of carbonyl (C=O) groups excluding carboxylic acids is 2. The summed E-state index contributed by atoms with van der Waals surface area (Å²) in [7, 11) is 4.01. The zero-order valence-electron chi connectivity index (χ0n) is 19.0. The zero-order valence-corrected chi connectivity index (χ0v) is 19.8. The Bertz CT molecular complexity index is 1160. The van der Waals surface area contributed by atoms with E-state index in [9.17, 15) is 9.59 Å². The fraction of sp³-hybridized carbons (Fsp3) is 0.391. The van der Waals surface area contributed by atoms with Gasteiger partial charge in [0.1, 0.15) is 11.4 Å². The lowest BCUT2D eigenvalue weighted by Crippen LogP contribution is -2.24. The van der Waals surface area contributed by atoms with Gasteiger partial charge in [-0.1, -0.05) is 11.6 Å². The molecule has 33 heavy (non-hydrogen) atoms. The van der Waals surface area contributed by atoms with E-state index in [1.54, 1.807) is 28.8 Å². The fourth-order valence-electron chi connectivity index (χ4n) is 3.89. The minimum Gasteiger partial charge on any atom is -0.369 e. The maximum atomic E-state index is 13.0. The van der Waals surface area contributed by atoms with Crippen molar-refractivity contribution in [3.8, 4) is 0 Å². The smallest absolute Gasteiger partial charge is 0.261 e. The summed E-state index contributed by atoms with van der Waals surface area (Å²) in [5, 5.41) is 11.3. The Morgan fingerprint density at radius 1 is 1.27 bits per heavy atom. The lowest BCUT2D eigenvalue weighted by molar-refractivity contribution is -0.127. The summed E-state index contributed by atoms with van der Waals surface area (Å²) in [6.07, 6.45) is 1.93. The second kappa shape index (κ2) is 9.76. The molecule has 0 spiro atoms. The van der Waals surface area contributed by atoms with Crippen LogP contribution < -0.4 is 10.6 Å².